The Balaban J connectivity index is 0.00000423. The second kappa shape index (κ2) is 14.0. The van der Waals surface area contributed by atoms with Crippen molar-refractivity contribution < 1.29 is 26.2 Å². The summed E-state index contributed by atoms with van der Waals surface area (Å²) < 4.78 is 0. The van der Waals surface area contributed by atoms with Crippen molar-refractivity contribution in [1.82, 2.24) is 4.98 Å². The van der Waals surface area contributed by atoms with Crippen molar-refractivity contribution in [3.63, 3.8) is 0 Å². The monoisotopic (exact) mass is 753 g/mol. The van der Waals surface area contributed by atoms with E-state index in [0.717, 1.165) is 107 Å². The van der Waals surface area contributed by atoms with E-state index < -0.39 is 0 Å². The first kappa shape index (κ1) is 32.6. The molecular weight excluding hydrogens is 712 g/mol. The average molecular weight is 754 g/mol. The molecule has 43 heavy (non-hydrogen) atoms. The number of hydrogen-bond donors (Lipinski definition) is 0. The number of fused-ring (bicyclic) bond motifs is 5. The number of hydrogen-bond acceptors (Lipinski definition) is 4. The van der Waals surface area contributed by atoms with Crippen LogP contribution in [0.15, 0.2) is 96.1 Å². The molecule has 5 rings (SSSR count). The fraction of sp³-hybridized carbons (Fsp3) is 0.378. The van der Waals surface area contributed by atoms with Crippen LogP contribution in [0.2, 0.25) is 0 Å². The minimum absolute atomic E-state index is 0. The zero-order chi connectivity index (χ0) is 30.0. The predicted molar refractivity (Wildman–Crippen MR) is 175 cm³/mol. The average Bonchev–Trinajstić information content (AvgIpc) is 3.71. The van der Waals surface area contributed by atoms with Crippen LogP contribution in [0.1, 0.15) is 91.7 Å². The Kier molecular flexibility index (Phi) is 10.6. The van der Waals surface area contributed by atoms with Gasteiger partial charge in [-0.15, -0.1) is 17.0 Å². The second-order valence-electron chi connectivity index (χ2n) is 10.8. The third-order valence-electron chi connectivity index (χ3n) is 8.73. The fourth-order valence-electron chi connectivity index (χ4n) is 6.80. The van der Waals surface area contributed by atoms with Gasteiger partial charge in [0.15, 0.2) is 0 Å². The SMILES string of the molecule is CCC1=C(CC)C2=NC1=CC1=NC(=C(CC)/C1=C\C=C\[O-])C=C1N=C(C=c3[n-]c(c(CC)c3CC)=C2)C(CC)=C1CC.[Pt+2]. The van der Waals surface area contributed by atoms with Gasteiger partial charge in [-0.3, -0.25) is 0 Å². The maximum Gasteiger partial charge on any atom is 2.00 e. The normalized spacial score (nSPS) is 19.0. The number of rotatable bonds is 8. The van der Waals surface area contributed by atoms with Crippen LogP contribution in [-0.4, -0.2) is 17.1 Å². The van der Waals surface area contributed by atoms with Crippen molar-refractivity contribution in [3.8, 4) is 0 Å². The molecule has 0 aliphatic carbocycles. The molecule has 0 atom stereocenters. The van der Waals surface area contributed by atoms with E-state index in [1.165, 1.54) is 33.4 Å². The van der Waals surface area contributed by atoms with Gasteiger partial charge in [0.05, 0.1) is 34.2 Å². The molecule has 0 saturated heterocycles. The van der Waals surface area contributed by atoms with E-state index in [1.807, 2.05) is 6.08 Å². The summed E-state index contributed by atoms with van der Waals surface area (Å²) in [6.45, 7) is 15.4. The Bertz CT molecular complexity index is 1760. The van der Waals surface area contributed by atoms with Gasteiger partial charge in [-0.2, -0.15) is 0 Å². The molecule has 1 aromatic heterocycles. The van der Waals surface area contributed by atoms with E-state index >= 15 is 0 Å². The van der Waals surface area contributed by atoms with Crippen LogP contribution in [0.5, 0.6) is 0 Å². The van der Waals surface area contributed by atoms with Crippen molar-refractivity contribution in [1.29, 1.82) is 0 Å². The molecule has 0 aromatic carbocycles. The van der Waals surface area contributed by atoms with E-state index in [9.17, 15) is 5.11 Å². The Morgan fingerprint density at radius 1 is 0.581 bits per heavy atom. The summed E-state index contributed by atoms with van der Waals surface area (Å²) in [6.07, 6.45) is 19.1. The zero-order valence-electron chi connectivity index (χ0n) is 26.5. The van der Waals surface area contributed by atoms with Crippen molar-refractivity contribution in [2.45, 2.75) is 93.4 Å². The van der Waals surface area contributed by atoms with E-state index in [0.29, 0.717) is 0 Å². The standard InChI is InChI=1S/C37H43N4O.Pt/c1-8-22-23(9-2)31-19-33-26(12-5)27(13-6)35(40-33)21-37-29(16-15-17-42)28(14-7)36(41-37)20-34-25(11-4)24(10-3)32(39-34)18-30(22)38-31;/h15-21H,8-14H2,1-7H3,(H-,38,39,40,41,42);/q-1;+2/p-1. The van der Waals surface area contributed by atoms with Gasteiger partial charge in [-0.05, 0) is 85.0 Å². The molecular formula is C37H42N4OPt. The molecule has 226 valence electrons. The summed E-state index contributed by atoms with van der Waals surface area (Å²) in [6, 6.07) is 0. The van der Waals surface area contributed by atoms with E-state index in [1.54, 1.807) is 6.08 Å². The summed E-state index contributed by atoms with van der Waals surface area (Å²) in [4.78, 5) is 20.8. The Hall–Kier alpha value is -3.30. The van der Waals surface area contributed by atoms with Crippen molar-refractivity contribution in [3.05, 3.63) is 103 Å². The zero-order valence-corrected chi connectivity index (χ0v) is 28.8. The molecule has 6 heteroatoms. The van der Waals surface area contributed by atoms with Crippen LogP contribution in [0.4, 0.5) is 0 Å². The van der Waals surface area contributed by atoms with E-state index in [4.69, 9.17) is 20.0 Å². The number of aliphatic imine (C=N–C) groups is 3. The maximum absolute atomic E-state index is 11.4. The Labute approximate surface area is 270 Å². The van der Waals surface area contributed by atoms with Crippen molar-refractivity contribution in [2.75, 3.05) is 0 Å². The molecule has 1 aromatic rings. The third kappa shape index (κ3) is 5.81. The van der Waals surface area contributed by atoms with Crippen LogP contribution in [0.3, 0.4) is 0 Å². The van der Waals surface area contributed by atoms with Gasteiger partial charge < -0.3 is 10.1 Å². The van der Waals surface area contributed by atoms with Crippen LogP contribution in [0, 0.1) is 0 Å². The topological polar surface area (TPSA) is 74.2 Å². The van der Waals surface area contributed by atoms with Gasteiger partial charge in [0.2, 0.25) is 0 Å². The largest absolute Gasteiger partial charge is 2.00 e. The fourth-order valence-corrected chi connectivity index (χ4v) is 6.80. The first-order chi connectivity index (χ1) is 20.5. The van der Waals surface area contributed by atoms with Crippen LogP contribution >= 0.6 is 0 Å². The number of aromatic nitrogens is 1. The molecule has 0 fully saturated rings. The molecule has 0 saturated carbocycles. The summed E-state index contributed by atoms with van der Waals surface area (Å²) in [5, 5.41) is 13.4. The maximum atomic E-state index is 11.4. The van der Waals surface area contributed by atoms with Gasteiger partial charge in [0.1, 0.15) is 0 Å². The molecule has 0 amide bonds. The second-order valence-corrected chi connectivity index (χ2v) is 10.8. The number of nitrogens with zero attached hydrogens (tertiary/aromatic N) is 4. The van der Waals surface area contributed by atoms with Gasteiger partial charge in [-0.25, -0.2) is 15.0 Å². The molecule has 0 unspecified atom stereocenters. The smallest absolute Gasteiger partial charge is 0.878 e. The summed E-state index contributed by atoms with van der Waals surface area (Å²) >= 11 is 0. The van der Waals surface area contributed by atoms with Crippen LogP contribution in [-0.2, 0) is 33.9 Å². The minimum Gasteiger partial charge on any atom is -0.878 e. The van der Waals surface area contributed by atoms with Crippen LogP contribution < -0.4 is 20.8 Å². The first-order valence-corrected chi connectivity index (χ1v) is 15.7. The molecule has 4 aliphatic rings. The van der Waals surface area contributed by atoms with E-state index in [-0.39, 0.29) is 21.1 Å². The molecule has 8 bridgehead atoms. The van der Waals surface area contributed by atoms with Gasteiger partial charge >= 0.3 is 21.1 Å². The van der Waals surface area contributed by atoms with Crippen molar-refractivity contribution in [2.24, 2.45) is 15.0 Å². The van der Waals surface area contributed by atoms with E-state index in [2.05, 4.69) is 72.8 Å². The Morgan fingerprint density at radius 2 is 1.07 bits per heavy atom. The molecule has 4 aliphatic heterocycles. The number of allylic oxidation sites excluding steroid dienone is 10. The molecule has 5 nitrogen and oxygen atoms in total. The Morgan fingerprint density at radius 3 is 1.51 bits per heavy atom. The summed E-state index contributed by atoms with van der Waals surface area (Å²) in [7, 11) is 0. The third-order valence-corrected chi connectivity index (χ3v) is 8.73. The minimum atomic E-state index is 0. The van der Waals surface area contributed by atoms with Gasteiger partial charge in [0, 0.05) is 5.57 Å². The first-order valence-electron chi connectivity index (χ1n) is 15.7. The summed E-state index contributed by atoms with van der Waals surface area (Å²) in [5.41, 5.74) is 15.4. The predicted octanol–water partition coefficient (Wildman–Crippen LogP) is 6.17. The molecule has 0 radical (unpaired) electrons. The quantitative estimate of drug-likeness (QED) is 0.298. The van der Waals surface area contributed by atoms with Gasteiger partial charge in [0.25, 0.3) is 0 Å². The molecule has 5 heterocycles. The van der Waals surface area contributed by atoms with Crippen molar-refractivity contribution >= 4 is 29.3 Å². The molecule has 0 N–H and O–H groups in total. The summed E-state index contributed by atoms with van der Waals surface area (Å²) in [5.74, 6) is 0. The molecule has 0 spiro atoms. The van der Waals surface area contributed by atoms with Crippen LogP contribution in [0.25, 0.3) is 12.2 Å². The van der Waals surface area contributed by atoms with Gasteiger partial charge in [-0.1, -0.05) is 83.9 Å².